The van der Waals surface area contributed by atoms with Gasteiger partial charge in [-0.2, -0.15) is 0 Å². The number of amides is 2. The third-order valence-electron chi connectivity index (χ3n) is 2.04. The van der Waals surface area contributed by atoms with Crippen molar-refractivity contribution in [2.75, 3.05) is 22.4 Å². The van der Waals surface area contributed by atoms with Crippen molar-refractivity contribution in [2.24, 2.45) is 0 Å². The normalized spacial score (nSPS) is 9.82. The highest BCUT2D eigenvalue weighted by Crippen LogP contribution is 2.20. The molecule has 2 N–H and O–H groups in total. The van der Waals surface area contributed by atoms with Gasteiger partial charge < -0.3 is 10.6 Å². The van der Waals surface area contributed by atoms with Gasteiger partial charge in [-0.05, 0) is 24.6 Å². The summed E-state index contributed by atoms with van der Waals surface area (Å²) in [5, 5.41) is 5.23. The number of hydrogen-bond acceptors (Lipinski definition) is 2. The zero-order valence-corrected chi connectivity index (χ0v) is 10.7. The quantitative estimate of drug-likeness (QED) is 0.829. The largest absolute Gasteiger partial charge is 0.325 e. The number of rotatable bonds is 4. The Balaban J connectivity index is 2.86. The molecule has 0 saturated heterocycles. The van der Waals surface area contributed by atoms with Gasteiger partial charge in [-0.15, -0.1) is 23.2 Å². The lowest BCUT2D eigenvalue weighted by atomic mass is 10.2. The fourth-order valence-electron chi connectivity index (χ4n) is 1.21. The maximum Gasteiger partial charge on any atom is 0.239 e. The molecule has 1 rings (SSSR count). The predicted molar refractivity (Wildman–Crippen MR) is 69.9 cm³/mol. The molecule has 4 nitrogen and oxygen atoms in total. The minimum absolute atomic E-state index is 0.113. The number of hydrogen-bond donors (Lipinski definition) is 2. The van der Waals surface area contributed by atoms with Gasteiger partial charge in [0.2, 0.25) is 11.8 Å². The molecule has 1 aromatic carbocycles. The van der Waals surface area contributed by atoms with Gasteiger partial charge in [0, 0.05) is 11.4 Å². The van der Waals surface area contributed by atoms with E-state index in [1.165, 1.54) is 0 Å². The van der Waals surface area contributed by atoms with Crippen molar-refractivity contribution in [3.8, 4) is 0 Å². The topological polar surface area (TPSA) is 58.2 Å². The van der Waals surface area contributed by atoms with Crippen molar-refractivity contribution in [3.05, 3.63) is 23.8 Å². The second-order valence-corrected chi connectivity index (χ2v) is 3.93. The third-order valence-corrected chi connectivity index (χ3v) is 2.52. The monoisotopic (exact) mass is 274 g/mol. The Morgan fingerprint density at radius 2 is 1.71 bits per heavy atom. The molecule has 0 heterocycles. The summed E-state index contributed by atoms with van der Waals surface area (Å²) in [4.78, 5) is 22.3. The number of benzene rings is 1. The number of aryl methyl sites for hydroxylation is 1. The van der Waals surface area contributed by atoms with E-state index in [2.05, 4.69) is 10.6 Å². The van der Waals surface area contributed by atoms with Crippen LogP contribution in [0.25, 0.3) is 0 Å². The first-order valence-electron chi connectivity index (χ1n) is 4.89. The Labute approximate surface area is 109 Å². The maximum absolute atomic E-state index is 11.2. The van der Waals surface area contributed by atoms with Gasteiger partial charge in [0.1, 0.15) is 11.8 Å². The van der Waals surface area contributed by atoms with Crippen LogP contribution >= 0.6 is 23.2 Å². The molecule has 6 heteroatoms. The van der Waals surface area contributed by atoms with Crippen LogP contribution in [-0.2, 0) is 9.59 Å². The molecule has 0 spiro atoms. The highest BCUT2D eigenvalue weighted by Gasteiger charge is 2.06. The Bertz CT molecular complexity index is 435. The number of nitrogens with one attached hydrogen (secondary N) is 2. The van der Waals surface area contributed by atoms with Crippen LogP contribution in [-0.4, -0.2) is 23.6 Å². The molecule has 2 amide bonds. The van der Waals surface area contributed by atoms with Gasteiger partial charge >= 0.3 is 0 Å². The van der Waals surface area contributed by atoms with E-state index in [4.69, 9.17) is 23.2 Å². The van der Waals surface area contributed by atoms with E-state index in [-0.39, 0.29) is 23.6 Å². The van der Waals surface area contributed by atoms with Crippen LogP contribution in [0.4, 0.5) is 11.4 Å². The smallest absolute Gasteiger partial charge is 0.239 e. The van der Waals surface area contributed by atoms with Crippen LogP contribution in [0, 0.1) is 6.92 Å². The van der Waals surface area contributed by atoms with Gasteiger partial charge in [-0.25, -0.2) is 0 Å². The Morgan fingerprint density at radius 3 is 2.29 bits per heavy atom. The van der Waals surface area contributed by atoms with E-state index in [1.54, 1.807) is 18.2 Å². The molecule has 0 aromatic heterocycles. The average molecular weight is 275 g/mol. The SMILES string of the molecule is Cc1ccc(NC(=O)CCl)cc1NC(=O)CCl. The van der Waals surface area contributed by atoms with Crippen molar-refractivity contribution in [1.29, 1.82) is 0 Å². The van der Waals surface area contributed by atoms with Gasteiger partial charge in [0.15, 0.2) is 0 Å². The van der Waals surface area contributed by atoms with Gasteiger partial charge in [0.05, 0.1) is 0 Å². The van der Waals surface area contributed by atoms with E-state index in [9.17, 15) is 9.59 Å². The molecule has 92 valence electrons. The molecule has 0 saturated carbocycles. The van der Waals surface area contributed by atoms with Gasteiger partial charge in [-0.3, -0.25) is 9.59 Å². The molecule has 0 aliphatic heterocycles. The van der Waals surface area contributed by atoms with E-state index in [1.807, 2.05) is 6.92 Å². The van der Waals surface area contributed by atoms with Crippen molar-refractivity contribution in [3.63, 3.8) is 0 Å². The number of carbonyl (C=O) groups is 2. The van der Waals surface area contributed by atoms with Crippen LogP contribution in [0.1, 0.15) is 5.56 Å². The molecule has 0 aliphatic rings. The van der Waals surface area contributed by atoms with E-state index < -0.39 is 0 Å². The first kappa shape index (κ1) is 13.8. The first-order chi connectivity index (χ1) is 8.06. The summed E-state index contributed by atoms with van der Waals surface area (Å²) in [7, 11) is 0. The van der Waals surface area contributed by atoms with Crippen molar-refractivity contribution < 1.29 is 9.59 Å². The summed E-state index contributed by atoms with van der Waals surface area (Å²) in [5.41, 5.74) is 2.07. The average Bonchev–Trinajstić information content (AvgIpc) is 2.33. The highest BCUT2D eigenvalue weighted by molar-refractivity contribution is 6.29. The van der Waals surface area contributed by atoms with Crippen LogP contribution in [0.15, 0.2) is 18.2 Å². The number of anilines is 2. The van der Waals surface area contributed by atoms with E-state index >= 15 is 0 Å². The molecule has 1 aromatic rings. The van der Waals surface area contributed by atoms with Crippen LogP contribution < -0.4 is 10.6 Å². The molecule has 17 heavy (non-hydrogen) atoms. The fraction of sp³-hybridized carbons (Fsp3) is 0.273. The summed E-state index contributed by atoms with van der Waals surface area (Å²) in [5.74, 6) is -0.824. The zero-order valence-electron chi connectivity index (χ0n) is 9.22. The molecular weight excluding hydrogens is 263 g/mol. The molecule has 0 unspecified atom stereocenters. The highest BCUT2D eigenvalue weighted by atomic mass is 35.5. The number of halogens is 2. The summed E-state index contributed by atoms with van der Waals surface area (Å²) >= 11 is 10.8. The van der Waals surface area contributed by atoms with Crippen LogP contribution in [0.2, 0.25) is 0 Å². The molecule has 0 radical (unpaired) electrons. The third kappa shape index (κ3) is 4.24. The summed E-state index contributed by atoms with van der Waals surface area (Å²) in [6, 6.07) is 5.17. The van der Waals surface area contributed by atoms with Gasteiger partial charge in [0.25, 0.3) is 0 Å². The molecule has 0 atom stereocenters. The Hall–Kier alpha value is -1.26. The minimum atomic E-state index is -0.301. The molecule has 0 fully saturated rings. The summed E-state index contributed by atoms with van der Waals surface area (Å²) < 4.78 is 0. The first-order valence-corrected chi connectivity index (χ1v) is 5.96. The van der Waals surface area contributed by atoms with Crippen molar-refractivity contribution in [2.45, 2.75) is 6.92 Å². The van der Waals surface area contributed by atoms with Crippen molar-refractivity contribution in [1.82, 2.24) is 0 Å². The lowest BCUT2D eigenvalue weighted by Gasteiger charge is -2.10. The van der Waals surface area contributed by atoms with E-state index in [0.29, 0.717) is 11.4 Å². The van der Waals surface area contributed by atoms with Gasteiger partial charge in [-0.1, -0.05) is 6.07 Å². The maximum atomic E-state index is 11.2. The molecule has 0 aliphatic carbocycles. The Kier molecular flexibility index (Phi) is 5.25. The van der Waals surface area contributed by atoms with E-state index in [0.717, 1.165) is 5.56 Å². The molecular formula is C11H12Cl2N2O2. The fourth-order valence-corrected chi connectivity index (χ4v) is 1.35. The standard InChI is InChI=1S/C11H12Cl2N2O2/c1-7-2-3-8(14-10(16)5-12)4-9(7)15-11(17)6-13/h2-4H,5-6H2,1H3,(H,14,16)(H,15,17). The lowest BCUT2D eigenvalue weighted by Crippen LogP contribution is -2.15. The van der Waals surface area contributed by atoms with Crippen molar-refractivity contribution >= 4 is 46.4 Å². The van der Waals surface area contributed by atoms with Crippen LogP contribution in [0.3, 0.4) is 0 Å². The predicted octanol–water partition coefficient (Wildman–Crippen LogP) is 2.35. The minimum Gasteiger partial charge on any atom is -0.325 e. The zero-order chi connectivity index (χ0) is 12.8. The second-order valence-electron chi connectivity index (χ2n) is 3.39. The lowest BCUT2D eigenvalue weighted by molar-refractivity contribution is -0.114. The summed E-state index contributed by atoms with van der Waals surface area (Å²) in [6.45, 7) is 1.84. The Morgan fingerprint density at radius 1 is 1.12 bits per heavy atom. The number of alkyl halides is 2. The number of carbonyl (C=O) groups excluding carboxylic acids is 2. The summed E-state index contributed by atoms with van der Waals surface area (Å²) in [6.07, 6.45) is 0. The second kappa shape index (κ2) is 6.47. The van der Waals surface area contributed by atoms with Crippen LogP contribution in [0.5, 0.6) is 0 Å². The molecule has 0 bridgehead atoms.